The summed E-state index contributed by atoms with van der Waals surface area (Å²) in [6, 6.07) is 1.82. The Morgan fingerprint density at radius 2 is 1.48 bits per heavy atom. The van der Waals surface area contributed by atoms with Gasteiger partial charge in [-0.1, -0.05) is 0 Å². The monoisotopic (exact) mass is 421 g/mol. The number of aliphatic hydroxyl groups is 7. The lowest BCUT2D eigenvalue weighted by molar-refractivity contribution is -0.341. The predicted octanol–water partition coefficient (Wildman–Crippen LogP) is -4.08. The van der Waals surface area contributed by atoms with Crippen LogP contribution in [0.1, 0.15) is 19.3 Å². The molecule has 0 unspecified atom stereocenters. The number of ketones is 1. The molecule has 2 saturated heterocycles. The topological polar surface area (TPSA) is 210 Å². The van der Waals surface area contributed by atoms with Crippen LogP contribution in [-0.4, -0.2) is 116 Å². The molecule has 166 valence electrons. The van der Waals surface area contributed by atoms with E-state index >= 15 is 0 Å². The van der Waals surface area contributed by atoms with Crippen LogP contribution in [0.15, 0.2) is 0 Å². The van der Waals surface area contributed by atoms with Gasteiger partial charge in [-0.05, 0) is 0 Å². The molecule has 0 bridgehead atoms. The van der Waals surface area contributed by atoms with Gasteiger partial charge in [0, 0.05) is 19.3 Å². The third-order valence-corrected chi connectivity index (χ3v) is 5.05. The molecule has 0 amide bonds. The van der Waals surface area contributed by atoms with Crippen LogP contribution in [0.5, 0.6) is 0 Å². The molecule has 2 heterocycles. The number of ether oxygens (including phenoxy) is 3. The molecule has 0 aromatic rings. The van der Waals surface area contributed by atoms with Gasteiger partial charge < -0.3 is 50.0 Å². The third-order valence-electron chi connectivity index (χ3n) is 5.05. The average Bonchev–Trinajstić information content (AvgIpc) is 2.71. The Labute approximate surface area is 166 Å². The van der Waals surface area contributed by atoms with Crippen molar-refractivity contribution in [3.8, 4) is 6.07 Å². The maximum atomic E-state index is 11.8. The van der Waals surface area contributed by atoms with E-state index < -0.39 is 74.4 Å². The van der Waals surface area contributed by atoms with E-state index in [4.69, 9.17) is 19.5 Å². The van der Waals surface area contributed by atoms with Crippen molar-refractivity contribution < 1.29 is 54.8 Å². The largest absolute Gasteiger partial charge is 0.394 e. The van der Waals surface area contributed by atoms with Gasteiger partial charge in [0.2, 0.25) is 0 Å². The number of nitriles is 1. The molecule has 10 atom stereocenters. The minimum atomic E-state index is -1.75. The van der Waals surface area contributed by atoms with Gasteiger partial charge in [-0.15, -0.1) is 0 Å². The second-order valence-electron chi connectivity index (χ2n) is 7.08. The summed E-state index contributed by atoms with van der Waals surface area (Å²) < 4.78 is 16.1. The number of aliphatic hydroxyl groups excluding tert-OH is 7. The highest BCUT2D eigenvalue weighted by Gasteiger charge is 2.50. The van der Waals surface area contributed by atoms with E-state index in [0.29, 0.717) is 0 Å². The van der Waals surface area contributed by atoms with E-state index in [2.05, 4.69) is 0 Å². The summed E-state index contributed by atoms with van der Waals surface area (Å²) in [5.74, 6) is -0.368. The van der Waals surface area contributed by atoms with E-state index in [-0.39, 0.29) is 25.0 Å². The van der Waals surface area contributed by atoms with E-state index in [0.717, 1.165) is 0 Å². The minimum absolute atomic E-state index is 0.00350. The molecule has 2 aliphatic heterocycles. The van der Waals surface area contributed by atoms with Gasteiger partial charge in [0.25, 0.3) is 0 Å². The van der Waals surface area contributed by atoms with Gasteiger partial charge >= 0.3 is 0 Å². The molecular formula is C17H27NO11. The van der Waals surface area contributed by atoms with Crippen LogP contribution in [0.3, 0.4) is 0 Å². The Balaban J connectivity index is 2.07. The minimum Gasteiger partial charge on any atom is -0.394 e. The predicted molar refractivity (Wildman–Crippen MR) is 90.9 cm³/mol. The first-order chi connectivity index (χ1) is 13.7. The first-order valence-electron chi connectivity index (χ1n) is 9.22. The number of carbonyl (C=O) groups excluding carboxylic acids is 1. The highest BCUT2D eigenvalue weighted by Crippen LogP contribution is 2.30. The van der Waals surface area contributed by atoms with Gasteiger partial charge in [-0.3, -0.25) is 4.79 Å². The zero-order valence-corrected chi connectivity index (χ0v) is 15.5. The Morgan fingerprint density at radius 3 is 2.07 bits per heavy atom. The molecule has 12 nitrogen and oxygen atoms in total. The third kappa shape index (κ3) is 5.47. The molecule has 0 aliphatic carbocycles. The van der Waals surface area contributed by atoms with E-state index in [1.165, 1.54) is 0 Å². The highest BCUT2D eigenvalue weighted by atomic mass is 16.7. The Kier molecular flexibility index (Phi) is 8.86. The molecule has 0 radical (unpaired) electrons. The zero-order chi connectivity index (χ0) is 21.7. The molecule has 0 aromatic carbocycles. The lowest BCUT2D eigenvalue weighted by Gasteiger charge is -2.46. The summed E-state index contributed by atoms with van der Waals surface area (Å²) in [5, 5.41) is 77.7. The Hall–Kier alpha value is -1.24. The number of hydrogen-bond donors (Lipinski definition) is 7. The molecular weight excluding hydrogens is 394 g/mol. The van der Waals surface area contributed by atoms with E-state index in [1.54, 1.807) is 0 Å². The molecule has 2 aliphatic rings. The van der Waals surface area contributed by atoms with Crippen LogP contribution < -0.4 is 0 Å². The number of Topliss-reactive ketones (excluding diaryl/α,β-unsaturated/α-hetero) is 1. The van der Waals surface area contributed by atoms with Gasteiger partial charge in [0.15, 0.2) is 6.29 Å². The molecule has 12 heteroatoms. The normalized spacial score (nSPS) is 43.0. The summed E-state index contributed by atoms with van der Waals surface area (Å²) >= 11 is 0. The van der Waals surface area contributed by atoms with Crippen molar-refractivity contribution >= 4 is 5.78 Å². The smallest absolute Gasteiger partial charge is 0.187 e. The van der Waals surface area contributed by atoms with Crippen LogP contribution in [-0.2, 0) is 19.0 Å². The fraction of sp³-hybridized carbons (Fsp3) is 0.882. The zero-order valence-electron chi connectivity index (χ0n) is 15.5. The first-order valence-corrected chi connectivity index (χ1v) is 9.22. The molecule has 0 aromatic heterocycles. The lowest BCUT2D eigenvalue weighted by Crippen LogP contribution is -2.64. The maximum Gasteiger partial charge on any atom is 0.187 e. The fourth-order valence-corrected chi connectivity index (χ4v) is 3.36. The summed E-state index contributed by atoms with van der Waals surface area (Å²) in [5.41, 5.74) is 0. The average molecular weight is 421 g/mol. The molecule has 0 saturated carbocycles. The maximum absolute atomic E-state index is 11.8. The van der Waals surface area contributed by atoms with Crippen molar-refractivity contribution in [2.75, 3.05) is 13.2 Å². The quantitative estimate of drug-likeness (QED) is 0.199. The highest BCUT2D eigenvalue weighted by molar-refractivity contribution is 5.79. The van der Waals surface area contributed by atoms with Crippen LogP contribution in [0.2, 0.25) is 0 Å². The van der Waals surface area contributed by atoms with Gasteiger partial charge in [0.1, 0.15) is 54.6 Å². The lowest BCUT2D eigenvalue weighted by atomic mass is 9.91. The number of hydrogen-bond acceptors (Lipinski definition) is 12. The summed E-state index contributed by atoms with van der Waals surface area (Å²) in [7, 11) is 0. The van der Waals surface area contributed by atoms with Crippen molar-refractivity contribution in [1.82, 2.24) is 0 Å². The molecule has 2 rings (SSSR count). The Morgan fingerprint density at radius 1 is 0.862 bits per heavy atom. The van der Waals surface area contributed by atoms with Crippen molar-refractivity contribution in [1.29, 1.82) is 5.26 Å². The van der Waals surface area contributed by atoms with Crippen LogP contribution in [0.25, 0.3) is 0 Å². The number of carbonyl (C=O) groups is 1. The standard InChI is InChI=1S/C17H27NO11/c18-3-1-2-7(21)4-8-11(22)14(25)16(10(6-20)27-8)29-17-15(26)13(24)12(23)9(5-19)28-17/h8-17,19-20,22-26H,1-2,4-6H2/t8-,9+,10+,11-,12-,13-,14+,15+,16+,17-/m0/s1. The summed E-state index contributed by atoms with van der Waals surface area (Å²) in [6.07, 6.45) is -15.3. The molecule has 7 N–H and O–H groups in total. The van der Waals surface area contributed by atoms with Crippen LogP contribution in [0, 0.1) is 11.3 Å². The van der Waals surface area contributed by atoms with Crippen molar-refractivity contribution in [3.05, 3.63) is 0 Å². The summed E-state index contributed by atoms with van der Waals surface area (Å²) in [6.45, 7) is -1.36. The van der Waals surface area contributed by atoms with Gasteiger partial charge in [0.05, 0.1) is 25.4 Å². The molecule has 0 spiro atoms. The van der Waals surface area contributed by atoms with Crippen molar-refractivity contribution in [2.45, 2.75) is 80.5 Å². The van der Waals surface area contributed by atoms with E-state index in [9.17, 15) is 40.5 Å². The SMILES string of the molecule is N#CCCC(=O)C[C@@H]1O[C@H](CO)[C@@H](O[C@@H]2O[C@H](CO)[C@H](O)[C@H](O)[C@H]2O)[C@H](O)[C@H]1O. The van der Waals surface area contributed by atoms with Gasteiger partial charge in [-0.25, -0.2) is 0 Å². The van der Waals surface area contributed by atoms with Crippen LogP contribution in [0.4, 0.5) is 0 Å². The second-order valence-corrected chi connectivity index (χ2v) is 7.08. The number of rotatable bonds is 8. The number of nitrogens with zero attached hydrogens (tertiary/aromatic N) is 1. The fourth-order valence-electron chi connectivity index (χ4n) is 3.36. The Bertz CT molecular complexity index is 580. The first kappa shape index (κ1) is 24.0. The van der Waals surface area contributed by atoms with Crippen molar-refractivity contribution in [3.63, 3.8) is 0 Å². The van der Waals surface area contributed by atoms with Crippen LogP contribution >= 0.6 is 0 Å². The molecule has 29 heavy (non-hydrogen) atoms. The van der Waals surface area contributed by atoms with Gasteiger partial charge in [-0.2, -0.15) is 5.26 Å². The molecule has 2 fully saturated rings. The summed E-state index contributed by atoms with van der Waals surface area (Å²) in [4.78, 5) is 11.8. The van der Waals surface area contributed by atoms with Crippen molar-refractivity contribution in [2.24, 2.45) is 0 Å². The second kappa shape index (κ2) is 10.7. The van der Waals surface area contributed by atoms with E-state index in [1.807, 2.05) is 6.07 Å².